The number of sulfonamides is 1. The summed E-state index contributed by atoms with van der Waals surface area (Å²) in [6.45, 7) is 5.85. The van der Waals surface area contributed by atoms with Crippen LogP contribution in [-0.4, -0.2) is 15.0 Å². The molecule has 0 unspecified atom stereocenters. The average molecular weight is 380 g/mol. The first-order chi connectivity index (χ1) is 10.5. The van der Waals surface area contributed by atoms with E-state index in [0.29, 0.717) is 17.0 Å². The fraction of sp³-hybridized carbons (Fsp3) is 0.176. The number of anilines is 1. The van der Waals surface area contributed by atoms with Crippen LogP contribution in [0.2, 0.25) is 0 Å². The monoisotopic (exact) mass is 379 g/mol. The van der Waals surface area contributed by atoms with E-state index in [1.807, 2.05) is 31.2 Å². The van der Waals surface area contributed by atoms with Crippen LogP contribution in [0.5, 0.6) is 0 Å². The third-order valence-electron chi connectivity index (χ3n) is 3.31. The van der Waals surface area contributed by atoms with Gasteiger partial charge in [-0.05, 0) is 42.3 Å². The van der Waals surface area contributed by atoms with Crippen LogP contribution in [0.1, 0.15) is 12.5 Å². The zero-order valence-electron chi connectivity index (χ0n) is 12.4. The number of halogens is 1. The summed E-state index contributed by atoms with van der Waals surface area (Å²) in [6.07, 6.45) is 2.24. The highest BCUT2D eigenvalue weighted by Gasteiger charge is 2.26. The van der Waals surface area contributed by atoms with E-state index in [2.05, 4.69) is 22.5 Å². The van der Waals surface area contributed by atoms with Crippen molar-refractivity contribution in [2.24, 2.45) is 0 Å². The van der Waals surface area contributed by atoms with Crippen LogP contribution in [0.4, 0.5) is 5.69 Å². The minimum Gasteiger partial charge on any atom is -0.263 e. The second kappa shape index (κ2) is 7.11. The molecule has 3 nitrogen and oxygen atoms in total. The van der Waals surface area contributed by atoms with E-state index in [4.69, 9.17) is 0 Å². The van der Waals surface area contributed by atoms with E-state index in [-0.39, 0.29) is 6.54 Å². The van der Waals surface area contributed by atoms with Crippen molar-refractivity contribution >= 4 is 31.6 Å². The molecular weight excluding hydrogens is 362 g/mol. The molecule has 0 spiro atoms. The Bertz CT molecular complexity index is 757. The summed E-state index contributed by atoms with van der Waals surface area (Å²) < 4.78 is 28.4. The average Bonchev–Trinajstić information content (AvgIpc) is 2.52. The van der Waals surface area contributed by atoms with Crippen molar-refractivity contribution in [2.45, 2.75) is 18.2 Å². The summed E-state index contributed by atoms with van der Waals surface area (Å²) in [5.74, 6) is 0. The summed E-state index contributed by atoms with van der Waals surface area (Å²) in [5.41, 5.74) is 1.42. The Morgan fingerprint density at radius 3 is 2.45 bits per heavy atom. The first-order valence-electron chi connectivity index (χ1n) is 6.97. The molecule has 0 saturated heterocycles. The van der Waals surface area contributed by atoms with Gasteiger partial charge < -0.3 is 0 Å². The summed E-state index contributed by atoms with van der Waals surface area (Å²) >= 11 is 3.39. The Hall–Kier alpha value is -1.59. The lowest BCUT2D eigenvalue weighted by molar-refractivity contribution is 0.591. The van der Waals surface area contributed by atoms with E-state index >= 15 is 0 Å². The number of nitrogens with zero attached hydrogens (tertiary/aromatic N) is 1. The van der Waals surface area contributed by atoms with Crippen LogP contribution in [-0.2, 0) is 16.4 Å². The van der Waals surface area contributed by atoms with E-state index in [9.17, 15) is 8.42 Å². The molecule has 0 aliphatic carbocycles. The zero-order chi connectivity index (χ0) is 16.2. The van der Waals surface area contributed by atoms with Crippen LogP contribution in [0.15, 0.2) is 70.6 Å². The number of benzene rings is 2. The molecule has 0 saturated carbocycles. The Kier molecular flexibility index (Phi) is 5.42. The van der Waals surface area contributed by atoms with Gasteiger partial charge in [-0.15, -0.1) is 6.58 Å². The number of hydrogen-bond acceptors (Lipinski definition) is 2. The molecule has 0 bridgehead atoms. The maximum atomic E-state index is 13.1. The highest BCUT2D eigenvalue weighted by molar-refractivity contribution is 9.10. The minimum atomic E-state index is -3.63. The fourth-order valence-corrected chi connectivity index (χ4v) is 4.37. The van der Waals surface area contributed by atoms with E-state index in [1.165, 1.54) is 4.31 Å². The highest BCUT2D eigenvalue weighted by atomic mass is 79.9. The fourth-order valence-electron chi connectivity index (χ4n) is 2.25. The maximum absolute atomic E-state index is 13.1. The topological polar surface area (TPSA) is 37.4 Å². The van der Waals surface area contributed by atoms with Gasteiger partial charge in [0.25, 0.3) is 10.0 Å². The largest absolute Gasteiger partial charge is 0.264 e. The molecule has 22 heavy (non-hydrogen) atoms. The van der Waals surface area contributed by atoms with E-state index in [1.54, 1.807) is 30.3 Å². The first-order valence-corrected chi connectivity index (χ1v) is 9.21. The maximum Gasteiger partial charge on any atom is 0.264 e. The lowest BCUT2D eigenvalue weighted by Gasteiger charge is -2.24. The summed E-state index contributed by atoms with van der Waals surface area (Å²) in [6, 6.07) is 14.3. The van der Waals surface area contributed by atoms with Gasteiger partial charge in [-0.3, -0.25) is 4.31 Å². The summed E-state index contributed by atoms with van der Waals surface area (Å²) in [5, 5.41) is 0. The van der Waals surface area contributed by atoms with Crippen LogP contribution in [0.3, 0.4) is 0 Å². The van der Waals surface area contributed by atoms with Crippen molar-refractivity contribution in [2.75, 3.05) is 10.8 Å². The molecule has 2 aromatic rings. The minimum absolute atomic E-state index is 0.228. The van der Waals surface area contributed by atoms with Crippen LogP contribution >= 0.6 is 15.9 Å². The van der Waals surface area contributed by atoms with Gasteiger partial charge in [0.15, 0.2) is 0 Å². The van der Waals surface area contributed by atoms with Crippen molar-refractivity contribution in [3.05, 3.63) is 71.2 Å². The Balaban J connectivity index is 2.58. The Labute approximate surface area is 140 Å². The third kappa shape index (κ3) is 3.42. The van der Waals surface area contributed by atoms with Crippen LogP contribution in [0, 0.1) is 0 Å². The van der Waals surface area contributed by atoms with Gasteiger partial charge in [-0.25, -0.2) is 8.42 Å². The Morgan fingerprint density at radius 2 is 1.86 bits per heavy atom. The normalized spacial score (nSPS) is 11.2. The Morgan fingerprint density at radius 1 is 1.18 bits per heavy atom. The molecule has 0 amide bonds. The first kappa shape index (κ1) is 16.8. The number of rotatable bonds is 6. The number of aryl methyl sites for hydroxylation is 1. The third-order valence-corrected chi connectivity index (χ3v) is 5.70. The smallest absolute Gasteiger partial charge is 0.263 e. The molecule has 2 rings (SSSR count). The van der Waals surface area contributed by atoms with E-state index in [0.717, 1.165) is 10.0 Å². The zero-order valence-corrected chi connectivity index (χ0v) is 14.8. The number of para-hydroxylation sites is 1. The van der Waals surface area contributed by atoms with Gasteiger partial charge in [0.1, 0.15) is 0 Å². The van der Waals surface area contributed by atoms with Gasteiger partial charge in [0.05, 0.1) is 17.1 Å². The summed E-state index contributed by atoms with van der Waals surface area (Å²) in [7, 11) is -3.63. The molecular formula is C17H18BrNO2S. The van der Waals surface area contributed by atoms with Gasteiger partial charge in [-0.2, -0.15) is 0 Å². The standard InChI is InChI=1S/C17H18BrNO2S/c1-3-12-19(16-8-6-5-7-9-16)22(20,21)17-11-10-15(18)13-14(17)4-2/h3,5-11,13H,1,4,12H2,2H3. The SMILES string of the molecule is C=CCN(c1ccccc1)S(=O)(=O)c1ccc(Br)cc1CC. The quantitative estimate of drug-likeness (QED) is 0.697. The predicted molar refractivity (Wildman–Crippen MR) is 94.7 cm³/mol. The lowest BCUT2D eigenvalue weighted by Crippen LogP contribution is -2.31. The molecule has 0 aromatic heterocycles. The lowest BCUT2D eigenvalue weighted by atomic mass is 10.2. The van der Waals surface area contributed by atoms with Crippen molar-refractivity contribution in [3.63, 3.8) is 0 Å². The highest BCUT2D eigenvalue weighted by Crippen LogP contribution is 2.28. The van der Waals surface area contributed by atoms with Gasteiger partial charge in [-0.1, -0.05) is 47.1 Å². The predicted octanol–water partition coefficient (Wildman–Crippen LogP) is 4.39. The second-order valence-electron chi connectivity index (χ2n) is 4.77. The van der Waals surface area contributed by atoms with Crippen LogP contribution < -0.4 is 4.31 Å². The molecule has 0 radical (unpaired) electrons. The molecule has 116 valence electrons. The molecule has 0 atom stereocenters. The summed E-state index contributed by atoms with van der Waals surface area (Å²) in [4.78, 5) is 0.337. The molecule has 0 heterocycles. The molecule has 5 heteroatoms. The van der Waals surface area contributed by atoms with Crippen molar-refractivity contribution in [3.8, 4) is 0 Å². The molecule has 2 aromatic carbocycles. The second-order valence-corrected chi connectivity index (χ2v) is 7.51. The van der Waals surface area contributed by atoms with Crippen molar-refractivity contribution in [1.82, 2.24) is 0 Å². The molecule has 0 fully saturated rings. The van der Waals surface area contributed by atoms with Crippen molar-refractivity contribution < 1.29 is 8.42 Å². The molecule has 0 N–H and O–H groups in total. The van der Waals surface area contributed by atoms with Gasteiger partial charge in [0.2, 0.25) is 0 Å². The van der Waals surface area contributed by atoms with E-state index < -0.39 is 10.0 Å². The van der Waals surface area contributed by atoms with Crippen molar-refractivity contribution in [1.29, 1.82) is 0 Å². The van der Waals surface area contributed by atoms with Crippen LogP contribution in [0.25, 0.3) is 0 Å². The molecule has 0 aliphatic rings. The number of hydrogen-bond donors (Lipinski definition) is 0. The van der Waals surface area contributed by atoms with Gasteiger partial charge in [0, 0.05) is 4.47 Å². The van der Waals surface area contributed by atoms with Gasteiger partial charge >= 0.3 is 0 Å². The molecule has 0 aliphatic heterocycles.